The largest absolute Gasteiger partial charge is 0.366 e. The Morgan fingerprint density at radius 2 is 2.42 bits per heavy atom. The highest BCUT2D eigenvalue weighted by atomic mass is 35.5. The molecule has 1 amide bonds. The summed E-state index contributed by atoms with van der Waals surface area (Å²) in [6.07, 6.45) is -0.412. The molecule has 2 heterocycles. The predicted octanol–water partition coefficient (Wildman–Crippen LogP) is 1.64. The average Bonchev–Trinajstić information content (AvgIpc) is 2.87. The maximum atomic E-state index is 11.9. The average molecular weight is 300 g/mol. The molecule has 2 aromatic rings. The number of carbonyl (C=O) groups is 1. The number of halogens is 1. The smallest absolute Gasteiger partial charge is 0.254 e. The molecule has 1 unspecified atom stereocenters. The number of nitrogens with zero attached hydrogens (tertiary/aromatic N) is 1. The molecule has 1 aliphatic rings. The summed E-state index contributed by atoms with van der Waals surface area (Å²) >= 11 is 1.58. The van der Waals surface area contributed by atoms with E-state index in [1.807, 2.05) is 18.2 Å². The Labute approximate surface area is 120 Å². The van der Waals surface area contributed by atoms with Crippen molar-refractivity contribution in [3.05, 3.63) is 23.7 Å². The van der Waals surface area contributed by atoms with Crippen molar-refractivity contribution in [1.29, 1.82) is 0 Å². The Morgan fingerprint density at radius 3 is 3.21 bits per heavy atom. The summed E-state index contributed by atoms with van der Waals surface area (Å²) in [5, 5.41) is 5.98. The zero-order valence-electron chi connectivity index (χ0n) is 10.1. The van der Waals surface area contributed by atoms with Crippen LogP contribution in [0.5, 0.6) is 0 Å². The molecule has 1 fully saturated rings. The number of fused-ring (bicyclic) bond motifs is 1. The number of rotatable bonds is 2. The van der Waals surface area contributed by atoms with Crippen LogP contribution in [-0.2, 0) is 9.53 Å². The number of aromatic nitrogens is 1. The Bertz CT molecular complexity index is 569. The van der Waals surface area contributed by atoms with E-state index in [9.17, 15) is 4.79 Å². The quantitative estimate of drug-likeness (QED) is 0.885. The van der Waals surface area contributed by atoms with E-state index >= 15 is 0 Å². The van der Waals surface area contributed by atoms with Crippen LogP contribution in [0.4, 0.5) is 5.69 Å². The SMILES string of the molecule is Cl.O=C(Nc1ccc2scnc2c1)C1CNCCO1. The minimum absolute atomic E-state index is 0. The zero-order valence-corrected chi connectivity index (χ0v) is 11.7. The first-order chi connectivity index (χ1) is 8.83. The number of amides is 1. The number of morpholine rings is 1. The molecule has 1 aromatic heterocycles. The van der Waals surface area contributed by atoms with Crippen LogP contribution in [0.2, 0.25) is 0 Å². The third-order valence-corrected chi connectivity index (χ3v) is 3.63. The van der Waals surface area contributed by atoms with E-state index < -0.39 is 6.10 Å². The minimum Gasteiger partial charge on any atom is -0.366 e. The van der Waals surface area contributed by atoms with E-state index in [4.69, 9.17) is 4.74 Å². The van der Waals surface area contributed by atoms with E-state index in [-0.39, 0.29) is 18.3 Å². The van der Waals surface area contributed by atoms with Crippen LogP contribution in [0.3, 0.4) is 0 Å². The van der Waals surface area contributed by atoms with Crippen LogP contribution >= 0.6 is 23.7 Å². The Balaban J connectivity index is 0.00000133. The van der Waals surface area contributed by atoms with Gasteiger partial charge >= 0.3 is 0 Å². The highest BCUT2D eigenvalue weighted by Gasteiger charge is 2.21. The molecule has 0 saturated carbocycles. The maximum absolute atomic E-state index is 11.9. The van der Waals surface area contributed by atoms with Gasteiger partial charge in [-0.2, -0.15) is 0 Å². The molecule has 0 radical (unpaired) electrons. The second-order valence-corrected chi connectivity index (χ2v) is 4.97. The summed E-state index contributed by atoms with van der Waals surface area (Å²) in [4.78, 5) is 16.2. The van der Waals surface area contributed by atoms with Gasteiger partial charge in [0.05, 0.1) is 22.3 Å². The topological polar surface area (TPSA) is 63.2 Å². The molecule has 7 heteroatoms. The second kappa shape index (κ2) is 6.29. The fourth-order valence-corrected chi connectivity index (χ4v) is 2.55. The van der Waals surface area contributed by atoms with Crippen LogP contribution in [0, 0.1) is 0 Å². The van der Waals surface area contributed by atoms with Crippen molar-refractivity contribution < 1.29 is 9.53 Å². The normalized spacial score (nSPS) is 18.8. The first-order valence-electron chi connectivity index (χ1n) is 5.79. The van der Waals surface area contributed by atoms with Gasteiger partial charge in [-0.25, -0.2) is 4.98 Å². The first-order valence-corrected chi connectivity index (χ1v) is 6.67. The summed E-state index contributed by atoms with van der Waals surface area (Å²) in [5.74, 6) is -0.114. The molecule has 19 heavy (non-hydrogen) atoms. The number of hydrogen-bond acceptors (Lipinski definition) is 5. The minimum atomic E-state index is -0.412. The van der Waals surface area contributed by atoms with Crippen LogP contribution in [-0.4, -0.2) is 36.7 Å². The van der Waals surface area contributed by atoms with Gasteiger partial charge in [-0.05, 0) is 18.2 Å². The van der Waals surface area contributed by atoms with E-state index in [2.05, 4.69) is 15.6 Å². The Hall–Kier alpha value is -1.21. The second-order valence-electron chi connectivity index (χ2n) is 4.09. The molecule has 0 bridgehead atoms. The molecule has 0 spiro atoms. The molecule has 0 aliphatic carbocycles. The molecule has 1 saturated heterocycles. The predicted molar refractivity (Wildman–Crippen MR) is 78.1 cm³/mol. The third-order valence-electron chi connectivity index (χ3n) is 2.82. The number of carbonyl (C=O) groups excluding carboxylic acids is 1. The van der Waals surface area contributed by atoms with Crippen LogP contribution in [0.15, 0.2) is 23.7 Å². The number of benzene rings is 1. The molecule has 1 aliphatic heterocycles. The number of thiazole rings is 1. The van der Waals surface area contributed by atoms with E-state index in [1.54, 1.807) is 16.8 Å². The van der Waals surface area contributed by atoms with Crippen molar-refractivity contribution in [2.24, 2.45) is 0 Å². The number of hydrogen-bond donors (Lipinski definition) is 2. The molecule has 3 rings (SSSR count). The van der Waals surface area contributed by atoms with E-state index in [0.29, 0.717) is 13.2 Å². The standard InChI is InChI=1S/C12H13N3O2S.ClH/c16-12(10-6-13-3-4-17-10)15-8-1-2-11-9(5-8)14-7-18-11;/h1-2,5,7,10,13H,3-4,6H2,(H,15,16);1H. The number of ether oxygens (including phenoxy) is 1. The third kappa shape index (κ3) is 3.22. The number of nitrogens with one attached hydrogen (secondary N) is 2. The molecular formula is C12H14ClN3O2S. The summed E-state index contributed by atoms with van der Waals surface area (Å²) in [6.45, 7) is 1.93. The first kappa shape index (κ1) is 14.2. The summed E-state index contributed by atoms with van der Waals surface area (Å²) < 4.78 is 6.51. The van der Waals surface area contributed by atoms with Crippen molar-refractivity contribution in [3.63, 3.8) is 0 Å². The van der Waals surface area contributed by atoms with E-state index in [1.165, 1.54) is 0 Å². The molecule has 2 N–H and O–H groups in total. The maximum Gasteiger partial charge on any atom is 0.254 e. The Morgan fingerprint density at radius 1 is 1.53 bits per heavy atom. The van der Waals surface area contributed by atoms with Gasteiger partial charge in [-0.1, -0.05) is 0 Å². The lowest BCUT2D eigenvalue weighted by Crippen LogP contribution is -2.45. The van der Waals surface area contributed by atoms with E-state index in [0.717, 1.165) is 22.4 Å². The van der Waals surface area contributed by atoms with Crippen molar-refractivity contribution in [2.45, 2.75) is 6.10 Å². The lowest BCUT2D eigenvalue weighted by Gasteiger charge is -2.22. The lowest BCUT2D eigenvalue weighted by atomic mass is 10.2. The molecule has 1 atom stereocenters. The van der Waals surface area contributed by atoms with Crippen molar-refractivity contribution in [2.75, 3.05) is 25.0 Å². The van der Waals surface area contributed by atoms with Crippen molar-refractivity contribution in [1.82, 2.24) is 10.3 Å². The van der Waals surface area contributed by atoms with Crippen molar-refractivity contribution >= 4 is 45.6 Å². The van der Waals surface area contributed by atoms with Gasteiger partial charge in [-0.15, -0.1) is 23.7 Å². The molecular weight excluding hydrogens is 286 g/mol. The highest BCUT2D eigenvalue weighted by molar-refractivity contribution is 7.16. The summed E-state index contributed by atoms with van der Waals surface area (Å²) in [5.41, 5.74) is 3.46. The lowest BCUT2D eigenvalue weighted by molar-refractivity contribution is -0.128. The van der Waals surface area contributed by atoms with Crippen LogP contribution in [0.25, 0.3) is 10.2 Å². The van der Waals surface area contributed by atoms with Gasteiger partial charge in [0, 0.05) is 18.8 Å². The fourth-order valence-electron chi connectivity index (χ4n) is 1.89. The van der Waals surface area contributed by atoms with Crippen LogP contribution in [0.1, 0.15) is 0 Å². The van der Waals surface area contributed by atoms with Gasteiger partial charge in [0.2, 0.25) is 0 Å². The molecule has 1 aromatic carbocycles. The van der Waals surface area contributed by atoms with Crippen molar-refractivity contribution in [3.8, 4) is 0 Å². The monoisotopic (exact) mass is 299 g/mol. The van der Waals surface area contributed by atoms with Gasteiger partial charge < -0.3 is 15.4 Å². The zero-order chi connectivity index (χ0) is 12.4. The summed E-state index contributed by atoms with van der Waals surface area (Å²) in [6, 6.07) is 5.72. The van der Waals surface area contributed by atoms with Gasteiger partial charge in [0.25, 0.3) is 5.91 Å². The molecule has 5 nitrogen and oxygen atoms in total. The van der Waals surface area contributed by atoms with Gasteiger partial charge in [0.1, 0.15) is 6.10 Å². The van der Waals surface area contributed by atoms with Gasteiger partial charge in [0.15, 0.2) is 0 Å². The highest BCUT2D eigenvalue weighted by Crippen LogP contribution is 2.21. The fraction of sp³-hybridized carbons (Fsp3) is 0.333. The van der Waals surface area contributed by atoms with Gasteiger partial charge in [-0.3, -0.25) is 4.79 Å². The van der Waals surface area contributed by atoms with Crippen LogP contribution < -0.4 is 10.6 Å². The molecule has 102 valence electrons. The Kier molecular flexibility index (Phi) is 4.71. The summed E-state index contributed by atoms with van der Waals surface area (Å²) in [7, 11) is 0. The number of anilines is 1.